The minimum atomic E-state index is -0.507. The van der Waals surface area contributed by atoms with E-state index < -0.39 is 7.12 Å². The lowest BCUT2D eigenvalue weighted by Crippen LogP contribution is -2.41. The van der Waals surface area contributed by atoms with Crippen molar-refractivity contribution in [3.05, 3.63) is 12.4 Å². The monoisotopic (exact) mass is 305 g/mol. The van der Waals surface area contributed by atoms with Gasteiger partial charge in [-0.15, -0.1) is 0 Å². The topological polar surface area (TPSA) is 56.7 Å². The molecule has 6 nitrogen and oxygen atoms in total. The van der Waals surface area contributed by atoms with Crippen LogP contribution in [0.5, 0.6) is 5.88 Å². The van der Waals surface area contributed by atoms with Gasteiger partial charge in [0.25, 0.3) is 0 Å². The largest absolute Gasteiger partial charge is 0.516 e. The van der Waals surface area contributed by atoms with Crippen LogP contribution in [0.1, 0.15) is 34.1 Å². The number of nitrogens with zero attached hydrogens (tertiary/aromatic N) is 3. The molecule has 0 amide bonds. The summed E-state index contributed by atoms with van der Waals surface area (Å²) >= 11 is 0. The van der Waals surface area contributed by atoms with Crippen LogP contribution < -0.4 is 10.3 Å². The van der Waals surface area contributed by atoms with Crippen LogP contribution in [0.25, 0.3) is 0 Å². The van der Waals surface area contributed by atoms with Crippen molar-refractivity contribution in [1.29, 1.82) is 0 Å². The smallest absolute Gasteiger partial charge is 0.472 e. The Bertz CT molecular complexity index is 537. The first-order valence-electron chi connectivity index (χ1n) is 7.80. The molecule has 0 spiro atoms. The van der Waals surface area contributed by atoms with E-state index in [2.05, 4.69) is 21.9 Å². The normalized spacial score (nSPS) is 27.3. The summed E-state index contributed by atoms with van der Waals surface area (Å²) in [6.07, 6.45) is 4.51. The van der Waals surface area contributed by atoms with E-state index in [4.69, 9.17) is 14.0 Å². The van der Waals surface area contributed by atoms with Gasteiger partial charge in [-0.2, -0.15) is 0 Å². The van der Waals surface area contributed by atoms with Crippen LogP contribution >= 0.6 is 0 Å². The van der Waals surface area contributed by atoms with Gasteiger partial charge >= 0.3 is 7.12 Å². The van der Waals surface area contributed by atoms with Crippen molar-refractivity contribution in [2.45, 2.75) is 51.4 Å². The highest BCUT2D eigenvalue weighted by molar-refractivity contribution is 6.61. The SMILES string of the molecule is CN1CCC(Oc2cncc(B3OC(C)(C)C(C)(C)O3)n2)C1. The quantitative estimate of drug-likeness (QED) is 0.772. The van der Waals surface area contributed by atoms with E-state index >= 15 is 0 Å². The molecular weight excluding hydrogens is 281 g/mol. The lowest BCUT2D eigenvalue weighted by atomic mass is 9.85. The molecule has 2 aliphatic rings. The van der Waals surface area contributed by atoms with E-state index in [1.165, 1.54) is 0 Å². The Hall–Kier alpha value is -1.18. The fourth-order valence-corrected chi connectivity index (χ4v) is 2.66. The van der Waals surface area contributed by atoms with Crippen LogP contribution in [0, 0.1) is 0 Å². The van der Waals surface area contributed by atoms with Crippen molar-refractivity contribution in [1.82, 2.24) is 14.9 Å². The van der Waals surface area contributed by atoms with E-state index in [0.29, 0.717) is 11.5 Å². The summed E-state index contributed by atoms with van der Waals surface area (Å²) in [5, 5.41) is 0. The number of ether oxygens (including phenoxy) is 1. The van der Waals surface area contributed by atoms with Gasteiger partial charge in [0.2, 0.25) is 5.88 Å². The fourth-order valence-electron chi connectivity index (χ4n) is 2.66. The maximum Gasteiger partial charge on any atom is 0.516 e. The second kappa shape index (κ2) is 5.47. The average molecular weight is 305 g/mol. The lowest BCUT2D eigenvalue weighted by molar-refractivity contribution is 0.00578. The van der Waals surface area contributed by atoms with Gasteiger partial charge in [-0.1, -0.05) is 0 Å². The van der Waals surface area contributed by atoms with Gasteiger partial charge in [-0.25, -0.2) is 4.98 Å². The van der Waals surface area contributed by atoms with Crippen molar-refractivity contribution >= 4 is 12.7 Å². The third-order valence-electron chi connectivity index (χ3n) is 4.76. The Kier molecular flexibility index (Phi) is 3.91. The molecule has 2 aliphatic heterocycles. The highest BCUT2D eigenvalue weighted by Crippen LogP contribution is 2.36. The highest BCUT2D eigenvalue weighted by Gasteiger charge is 2.52. The van der Waals surface area contributed by atoms with Crippen molar-refractivity contribution in [3.8, 4) is 5.88 Å². The highest BCUT2D eigenvalue weighted by atomic mass is 16.7. The number of likely N-dealkylation sites (N-methyl/N-ethyl adjacent to an activating group) is 1. The summed E-state index contributed by atoms with van der Waals surface area (Å²) in [7, 11) is 1.59. The zero-order valence-electron chi connectivity index (χ0n) is 14.0. The van der Waals surface area contributed by atoms with Gasteiger partial charge in [-0.3, -0.25) is 4.98 Å². The van der Waals surface area contributed by atoms with Crippen molar-refractivity contribution < 1.29 is 14.0 Å². The Morgan fingerprint density at radius 3 is 2.50 bits per heavy atom. The van der Waals surface area contributed by atoms with Crippen LogP contribution in [0.3, 0.4) is 0 Å². The molecule has 120 valence electrons. The predicted molar refractivity (Wildman–Crippen MR) is 84.3 cm³/mol. The van der Waals surface area contributed by atoms with E-state index in [0.717, 1.165) is 19.5 Å². The van der Waals surface area contributed by atoms with Gasteiger partial charge in [0.15, 0.2) is 0 Å². The molecule has 7 heteroatoms. The standard InChI is InChI=1S/C15H24BN3O3/c1-14(2)15(3,4)22-16(21-14)12-8-17-9-13(18-12)20-11-6-7-19(5)10-11/h8-9,11H,6-7,10H2,1-5H3. The summed E-state index contributed by atoms with van der Waals surface area (Å²) < 4.78 is 17.9. The molecule has 3 rings (SSSR count). The summed E-state index contributed by atoms with van der Waals surface area (Å²) in [6, 6.07) is 0. The van der Waals surface area contributed by atoms with Crippen molar-refractivity contribution in [2.75, 3.05) is 20.1 Å². The summed E-state index contributed by atoms with van der Waals surface area (Å²) in [6.45, 7) is 10.1. The third kappa shape index (κ3) is 2.98. The second-order valence-corrected chi connectivity index (χ2v) is 7.16. The van der Waals surface area contributed by atoms with Gasteiger partial charge in [0, 0.05) is 19.3 Å². The lowest BCUT2D eigenvalue weighted by Gasteiger charge is -2.32. The first-order chi connectivity index (χ1) is 10.3. The average Bonchev–Trinajstić information content (AvgIpc) is 2.91. The summed E-state index contributed by atoms with van der Waals surface area (Å²) in [5.41, 5.74) is -0.114. The predicted octanol–water partition coefficient (Wildman–Crippen LogP) is 0.859. The Morgan fingerprint density at radius 1 is 1.23 bits per heavy atom. The second-order valence-electron chi connectivity index (χ2n) is 7.16. The molecule has 1 atom stereocenters. The molecule has 3 heterocycles. The Balaban J connectivity index is 1.72. The maximum atomic E-state index is 6.00. The molecule has 22 heavy (non-hydrogen) atoms. The van der Waals surface area contributed by atoms with E-state index in [9.17, 15) is 0 Å². The molecule has 0 bridgehead atoms. The van der Waals surface area contributed by atoms with Crippen LogP contribution in [0.15, 0.2) is 12.4 Å². The molecule has 0 aliphatic carbocycles. The number of hydrogen-bond donors (Lipinski definition) is 0. The summed E-state index contributed by atoms with van der Waals surface area (Å²) in [5.74, 6) is 0.535. The number of likely N-dealkylation sites (tertiary alicyclic amines) is 1. The van der Waals surface area contributed by atoms with Crippen LogP contribution in [-0.2, 0) is 9.31 Å². The molecule has 1 aromatic rings. The molecule has 2 saturated heterocycles. The number of hydrogen-bond acceptors (Lipinski definition) is 6. The molecule has 2 fully saturated rings. The Morgan fingerprint density at radius 2 is 1.91 bits per heavy atom. The minimum absolute atomic E-state index is 0.174. The van der Waals surface area contributed by atoms with E-state index in [1.54, 1.807) is 12.4 Å². The zero-order valence-corrected chi connectivity index (χ0v) is 14.0. The molecular formula is C15H24BN3O3. The molecule has 0 radical (unpaired) electrons. The maximum absolute atomic E-state index is 6.00. The van der Waals surface area contributed by atoms with Gasteiger partial charge in [-0.05, 0) is 41.2 Å². The molecule has 0 aromatic carbocycles. The van der Waals surface area contributed by atoms with Crippen LogP contribution in [0.2, 0.25) is 0 Å². The van der Waals surface area contributed by atoms with E-state index in [-0.39, 0.29) is 17.3 Å². The van der Waals surface area contributed by atoms with Crippen LogP contribution in [-0.4, -0.2) is 59.4 Å². The van der Waals surface area contributed by atoms with Gasteiger partial charge in [0.05, 0.1) is 23.0 Å². The summed E-state index contributed by atoms with van der Waals surface area (Å²) in [4.78, 5) is 11.0. The molecule has 0 N–H and O–H groups in total. The molecule has 1 unspecified atom stereocenters. The van der Waals surface area contributed by atoms with E-state index in [1.807, 2.05) is 27.7 Å². The third-order valence-corrected chi connectivity index (χ3v) is 4.76. The minimum Gasteiger partial charge on any atom is -0.472 e. The number of rotatable bonds is 3. The van der Waals surface area contributed by atoms with Crippen molar-refractivity contribution in [3.63, 3.8) is 0 Å². The first kappa shape index (κ1) is 15.7. The number of aromatic nitrogens is 2. The first-order valence-corrected chi connectivity index (χ1v) is 7.80. The molecule has 0 saturated carbocycles. The van der Waals surface area contributed by atoms with Crippen molar-refractivity contribution in [2.24, 2.45) is 0 Å². The zero-order chi connectivity index (χ0) is 16.0. The van der Waals surface area contributed by atoms with Gasteiger partial charge < -0.3 is 18.9 Å². The Labute approximate surface area is 132 Å². The van der Waals surface area contributed by atoms with Gasteiger partial charge in [0.1, 0.15) is 6.10 Å². The molecule has 1 aromatic heterocycles. The fraction of sp³-hybridized carbons (Fsp3) is 0.733. The van der Waals surface area contributed by atoms with Crippen LogP contribution in [0.4, 0.5) is 0 Å².